The Labute approximate surface area is 232 Å². The van der Waals surface area contributed by atoms with Crippen LogP contribution in [0.5, 0.6) is 0 Å². The maximum Gasteiger partial charge on any atom is 0.410 e. The molecule has 40 heavy (non-hydrogen) atoms. The van der Waals surface area contributed by atoms with Crippen molar-refractivity contribution >= 4 is 29.2 Å². The van der Waals surface area contributed by atoms with E-state index in [1.807, 2.05) is 79.9 Å². The van der Waals surface area contributed by atoms with E-state index in [2.05, 4.69) is 20.3 Å². The molecule has 0 radical (unpaired) electrons. The molecule has 1 aliphatic heterocycles. The van der Waals surface area contributed by atoms with E-state index in [4.69, 9.17) is 9.47 Å². The van der Waals surface area contributed by atoms with Gasteiger partial charge in [0.2, 0.25) is 5.95 Å². The molecular formula is C29H33N7O4. The number of rotatable bonds is 6. The van der Waals surface area contributed by atoms with Gasteiger partial charge in [0.15, 0.2) is 0 Å². The third kappa shape index (κ3) is 6.48. The molecule has 1 saturated heterocycles. The predicted molar refractivity (Wildman–Crippen MR) is 150 cm³/mol. The number of hydrogen-bond acceptors (Lipinski definition) is 8. The Morgan fingerprint density at radius 2 is 1.75 bits per heavy atom. The van der Waals surface area contributed by atoms with Gasteiger partial charge in [0, 0.05) is 32.4 Å². The number of carbonyl (C=O) groups excluding carboxylic acids is 2. The Morgan fingerprint density at radius 3 is 2.55 bits per heavy atom. The molecule has 1 atom stereocenters. The normalized spacial score (nSPS) is 15.6. The molecule has 0 saturated carbocycles. The van der Waals surface area contributed by atoms with Gasteiger partial charge in [-0.15, -0.1) is 0 Å². The number of anilines is 1. The van der Waals surface area contributed by atoms with E-state index in [1.165, 1.54) is 0 Å². The summed E-state index contributed by atoms with van der Waals surface area (Å²) in [6, 6.07) is 18.7. The van der Waals surface area contributed by atoms with Crippen molar-refractivity contribution in [1.82, 2.24) is 29.3 Å². The number of amides is 2. The molecule has 11 nitrogen and oxygen atoms in total. The number of ether oxygens (including phenoxy) is 2. The van der Waals surface area contributed by atoms with Gasteiger partial charge in [-0.1, -0.05) is 42.5 Å². The van der Waals surface area contributed by atoms with Crippen molar-refractivity contribution in [3.8, 4) is 5.82 Å². The van der Waals surface area contributed by atoms with Crippen LogP contribution in [0.4, 0.5) is 15.5 Å². The zero-order valence-electron chi connectivity index (χ0n) is 22.9. The second-order valence-electron chi connectivity index (χ2n) is 10.5. The summed E-state index contributed by atoms with van der Waals surface area (Å²) in [5.74, 6) is 1.05. The zero-order chi connectivity index (χ0) is 28.1. The van der Waals surface area contributed by atoms with E-state index in [0.717, 1.165) is 16.6 Å². The number of carbonyl (C=O) groups is 2. The average molecular weight is 544 g/mol. The van der Waals surface area contributed by atoms with E-state index in [9.17, 15) is 9.59 Å². The van der Waals surface area contributed by atoms with Gasteiger partial charge in [-0.2, -0.15) is 4.98 Å². The summed E-state index contributed by atoms with van der Waals surface area (Å²) in [7, 11) is 0. The topological polar surface area (TPSA) is 115 Å². The molecular weight excluding hydrogens is 510 g/mol. The molecule has 3 heterocycles. The van der Waals surface area contributed by atoms with E-state index < -0.39 is 23.8 Å². The molecule has 2 aromatic carbocycles. The van der Waals surface area contributed by atoms with Gasteiger partial charge in [0.05, 0.1) is 17.1 Å². The van der Waals surface area contributed by atoms with Crippen LogP contribution in [0.15, 0.2) is 73.2 Å². The summed E-state index contributed by atoms with van der Waals surface area (Å²) in [4.78, 5) is 42.7. The molecule has 1 aliphatic rings. The molecule has 1 N–H and O–H groups in total. The number of hydrogen-bond donors (Lipinski definition) is 1. The largest absolute Gasteiger partial charge is 0.445 e. The Morgan fingerprint density at radius 1 is 0.975 bits per heavy atom. The van der Waals surface area contributed by atoms with Crippen molar-refractivity contribution in [2.45, 2.75) is 39.0 Å². The summed E-state index contributed by atoms with van der Waals surface area (Å²) in [6.07, 6.45) is 2.53. The van der Waals surface area contributed by atoms with Gasteiger partial charge in [-0.05, 0) is 44.5 Å². The third-order valence-corrected chi connectivity index (χ3v) is 6.41. The van der Waals surface area contributed by atoms with E-state index in [-0.39, 0.29) is 13.2 Å². The van der Waals surface area contributed by atoms with Crippen molar-refractivity contribution in [3.05, 3.63) is 78.8 Å². The van der Waals surface area contributed by atoms with Crippen LogP contribution in [0.2, 0.25) is 0 Å². The van der Waals surface area contributed by atoms with Crippen molar-refractivity contribution < 1.29 is 19.1 Å². The second kappa shape index (κ2) is 11.6. The quantitative estimate of drug-likeness (QED) is 0.379. The average Bonchev–Trinajstić information content (AvgIpc) is 3.39. The fourth-order valence-corrected chi connectivity index (χ4v) is 4.49. The minimum Gasteiger partial charge on any atom is -0.445 e. The second-order valence-corrected chi connectivity index (χ2v) is 10.5. The van der Waals surface area contributed by atoms with E-state index in [0.29, 0.717) is 31.4 Å². The molecule has 2 amide bonds. The number of imidazole rings is 1. The summed E-state index contributed by atoms with van der Waals surface area (Å²) in [5.41, 5.74) is 2.06. The van der Waals surface area contributed by atoms with Crippen LogP contribution in [0.3, 0.4) is 0 Å². The number of aromatic nitrogens is 4. The van der Waals surface area contributed by atoms with Crippen molar-refractivity contribution in [3.63, 3.8) is 0 Å². The lowest BCUT2D eigenvalue weighted by Gasteiger charge is -2.41. The number of para-hydroxylation sites is 2. The third-order valence-electron chi connectivity index (χ3n) is 6.41. The number of piperazine rings is 1. The smallest absolute Gasteiger partial charge is 0.410 e. The molecule has 0 spiro atoms. The Balaban J connectivity index is 1.29. The van der Waals surface area contributed by atoms with Gasteiger partial charge in [-0.3, -0.25) is 9.47 Å². The molecule has 11 heteroatoms. The lowest BCUT2D eigenvalue weighted by Crippen LogP contribution is -2.59. The molecule has 1 unspecified atom stereocenters. The SMILES string of the molecule is CC(C)(C)OC(=O)N1CCN(C(=O)OCc2ccccc2)CC1CNc1nccc(-n2cnc3ccccc32)n1. The minimum absolute atomic E-state index is 0.179. The highest BCUT2D eigenvalue weighted by atomic mass is 16.6. The van der Waals surface area contributed by atoms with Crippen LogP contribution in [0.1, 0.15) is 26.3 Å². The highest BCUT2D eigenvalue weighted by Crippen LogP contribution is 2.19. The van der Waals surface area contributed by atoms with Crippen LogP contribution in [0.25, 0.3) is 16.9 Å². The van der Waals surface area contributed by atoms with Crippen LogP contribution in [-0.4, -0.2) is 79.3 Å². The lowest BCUT2D eigenvalue weighted by molar-refractivity contribution is -0.00120. The molecule has 208 valence electrons. The first-order valence-corrected chi connectivity index (χ1v) is 13.2. The highest BCUT2D eigenvalue weighted by Gasteiger charge is 2.35. The molecule has 0 bridgehead atoms. The fourth-order valence-electron chi connectivity index (χ4n) is 4.49. The number of fused-ring (bicyclic) bond motifs is 1. The molecule has 2 aromatic heterocycles. The Kier molecular flexibility index (Phi) is 7.81. The summed E-state index contributed by atoms with van der Waals surface area (Å²) < 4.78 is 13.1. The molecule has 0 aliphatic carbocycles. The van der Waals surface area contributed by atoms with Gasteiger partial charge in [0.1, 0.15) is 24.4 Å². The fraction of sp³-hybridized carbons (Fsp3) is 0.345. The van der Waals surface area contributed by atoms with Gasteiger partial charge < -0.3 is 19.7 Å². The minimum atomic E-state index is -0.647. The number of benzene rings is 2. The zero-order valence-corrected chi connectivity index (χ0v) is 22.9. The van der Waals surface area contributed by atoms with Crippen LogP contribution >= 0.6 is 0 Å². The predicted octanol–water partition coefficient (Wildman–Crippen LogP) is 4.49. The van der Waals surface area contributed by atoms with Crippen molar-refractivity contribution in [2.24, 2.45) is 0 Å². The molecule has 1 fully saturated rings. The summed E-state index contributed by atoms with van der Waals surface area (Å²) >= 11 is 0. The van der Waals surface area contributed by atoms with Crippen LogP contribution in [-0.2, 0) is 16.1 Å². The van der Waals surface area contributed by atoms with Crippen molar-refractivity contribution in [2.75, 3.05) is 31.5 Å². The Hall–Kier alpha value is -4.67. The number of nitrogens with one attached hydrogen (secondary N) is 1. The van der Waals surface area contributed by atoms with Crippen LogP contribution < -0.4 is 5.32 Å². The molecule has 5 rings (SSSR count). The monoisotopic (exact) mass is 543 g/mol. The Bertz CT molecular complexity index is 1470. The summed E-state index contributed by atoms with van der Waals surface area (Å²) in [6.45, 7) is 6.88. The van der Waals surface area contributed by atoms with Gasteiger partial charge in [0.25, 0.3) is 0 Å². The first-order valence-electron chi connectivity index (χ1n) is 13.2. The first kappa shape index (κ1) is 26.9. The lowest BCUT2D eigenvalue weighted by atomic mass is 10.1. The first-order chi connectivity index (χ1) is 19.3. The van der Waals surface area contributed by atoms with E-state index in [1.54, 1.807) is 28.4 Å². The van der Waals surface area contributed by atoms with Gasteiger partial charge >= 0.3 is 12.2 Å². The van der Waals surface area contributed by atoms with Crippen molar-refractivity contribution in [1.29, 1.82) is 0 Å². The maximum atomic E-state index is 13.1. The van der Waals surface area contributed by atoms with Crippen LogP contribution in [0, 0.1) is 0 Å². The summed E-state index contributed by atoms with van der Waals surface area (Å²) in [5, 5.41) is 3.25. The number of nitrogens with zero attached hydrogens (tertiary/aromatic N) is 6. The van der Waals surface area contributed by atoms with E-state index >= 15 is 0 Å². The maximum absolute atomic E-state index is 13.1. The standard InChI is InChI=1S/C29H33N7O4/c1-29(2,3)40-28(38)35-16-15-34(27(37)39-19-21-9-5-4-6-10-21)18-22(35)17-31-26-30-14-13-25(33-26)36-20-32-23-11-7-8-12-24(23)36/h4-14,20,22H,15-19H2,1-3H3,(H,30,31,33). The molecule has 4 aromatic rings. The highest BCUT2D eigenvalue weighted by molar-refractivity contribution is 5.76. The van der Waals surface area contributed by atoms with Gasteiger partial charge in [-0.25, -0.2) is 19.6 Å².